The first-order chi connectivity index (χ1) is 8.60. The summed E-state index contributed by atoms with van der Waals surface area (Å²) in [5.74, 6) is 1.74. The van der Waals surface area contributed by atoms with Gasteiger partial charge in [0.25, 0.3) is 0 Å². The number of nitrogens with one attached hydrogen (secondary N) is 2. The number of hydrogen-bond donors (Lipinski definition) is 2. The molecule has 104 valence electrons. The lowest BCUT2D eigenvalue weighted by Gasteiger charge is -2.34. The Hall–Kier alpha value is -0.570. The average molecular weight is 252 g/mol. The van der Waals surface area contributed by atoms with E-state index < -0.39 is 0 Å². The third-order valence-corrected chi connectivity index (χ3v) is 4.72. The molecule has 1 aliphatic heterocycles. The van der Waals surface area contributed by atoms with Crippen molar-refractivity contribution in [1.29, 1.82) is 0 Å². The third kappa shape index (κ3) is 3.47. The molecule has 18 heavy (non-hydrogen) atoms. The van der Waals surface area contributed by atoms with Gasteiger partial charge in [-0.25, -0.2) is 0 Å². The summed E-state index contributed by atoms with van der Waals surface area (Å²) in [6.07, 6.45) is 8.60. The highest BCUT2D eigenvalue weighted by molar-refractivity contribution is 5.85. The van der Waals surface area contributed by atoms with Gasteiger partial charge in [0.2, 0.25) is 5.91 Å². The molecular weight excluding hydrogens is 224 g/mol. The van der Waals surface area contributed by atoms with Crippen molar-refractivity contribution in [3.8, 4) is 0 Å². The van der Waals surface area contributed by atoms with Gasteiger partial charge in [-0.15, -0.1) is 0 Å². The van der Waals surface area contributed by atoms with Crippen LogP contribution in [0.2, 0.25) is 0 Å². The summed E-state index contributed by atoms with van der Waals surface area (Å²) in [6, 6.07) is 0. The van der Waals surface area contributed by atoms with Crippen molar-refractivity contribution in [2.24, 2.45) is 11.8 Å². The Balaban J connectivity index is 1.76. The highest BCUT2D eigenvalue weighted by Crippen LogP contribution is 2.28. The number of piperidine rings is 1. The molecule has 3 atom stereocenters. The van der Waals surface area contributed by atoms with Gasteiger partial charge in [-0.05, 0) is 57.4 Å². The van der Waals surface area contributed by atoms with E-state index in [4.69, 9.17) is 0 Å². The molecule has 3 unspecified atom stereocenters. The predicted molar refractivity (Wildman–Crippen MR) is 74.4 cm³/mol. The SMILES string of the molecule is CC1CCCC(CNC(=O)C2(C)CCCCN2)C1. The molecule has 1 aliphatic carbocycles. The molecule has 0 spiro atoms. The fraction of sp³-hybridized carbons (Fsp3) is 0.933. The summed E-state index contributed by atoms with van der Waals surface area (Å²) in [4.78, 5) is 12.3. The average Bonchev–Trinajstić information content (AvgIpc) is 2.37. The predicted octanol–water partition coefficient (Wildman–Crippen LogP) is 2.46. The zero-order valence-corrected chi connectivity index (χ0v) is 11.9. The maximum absolute atomic E-state index is 12.3. The van der Waals surface area contributed by atoms with Gasteiger partial charge in [0.05, 0.1) is 5.54 Å². The van der Waals surface area contributed by atoms with Crippen LogP contribution in [0.3, 0.4) is 0 Å². The van der Waals surface area contributed by atoms with Gasteiger partial charge in [-0.3, -0.25) is 4.79 Å². The van der Waals surface area contributed by atoms with E-state index in [0.29, 0.717) is 5.92 Å². The molecule has 2 rings (SSSR count). The van der Waals surface area contributed by atoms with E-state index in [2.05, 4.69) is 17.6 Å². The molecule has 1 amide bonds. The van der Waals surface area contributed by atoms with Crippen LogP contribution in [0.25, 0.3) is 0 Å². The van der Waals surface area contributed by atoms with Crippen LogP contribution in [0.15, 0.2) is 0 Å². The standard InChI is InChI=1S/C15H28N2O/c1-12-6-5-7-13(10-12)11-16-14(18)15(2)8-3-4-9-17-15/h12-13,17H,3-11H2,1-2H3,(H,16,18). The van der Waals surface area contributed by atoms with E-state index in [1.54, 1.807) is 0 Å². The van der Waals surface area contributed by atoms with Crippen molar-refractivity contribution in [3.05, 3.63) is 0 Å². The highest BCUT2D eigenvalue weighted by atomic mass is 16.2. The summed E-state index contributed by atoms with van der Waals surface area (Å²) in [7, 11) is 0. The zero-order valence-electron chi connectivity index (χ0n) is 11.9. The van der Waals surface area contributed by atoms with Gasteiger partial charge in [-0.2, -0.15) is 0 Å². The van der Waals surface area contributed by atoms with E-state index in [1.807, 2.05) is 6.92 Å². The number of amides is 1. The first-order valence-electron chi connectivity index (χ1n) is 7.63. The Morgan fingerprint density at radius 1 is 1.33 bits per heavy atom. The largest absolute Gasteiger partial charge is 0.354 e. The Labute approximate surface area is 111 Å². The van der Waals surface area contributed by atoms with Crippen molar-refractivity contribution >= 4 is 5.91 Å². The third-order valence-electron chi connectivity index (χ3n) is 4.72. The lowest BCUT2D eigenvalue weighted by atomic mass is 9.82. The Kier molecular flexibility index (Phi) is 4.66. The van der Waals surface area contributed by atoms with Crippen LogP contribution >= 0.6 is 0 Å². The molecule has 3 nitrogen and oxygen atoms in total. The fourth-order valence-electron chi connectivity index (χ4n) is 3.43. The second-order valence-electron chi connectivity index (χ2n) is 6.56. The normalized spacial score (nSPS) is 37.2. The van der Waals surface area contributed by atoms with Gasteiger partial charge in [0.15, 0.2) is 0 Å². The number of carbonyl (C=O) groups excluding carboxylic acids is 1. The van der Waals surface area contributed by atoms with Crippen LogP contribution in [0, 0.1) is 11.8 Å². The van der Waals surface area contributed by atoms with Gasteiger partial charge < -0.3 is 10.6 Å². The molecule has 2 aliphatic rings. The smallest absolute Gasteiger partial charge is 0.240 e. The summed E-state index contributed by atoms with van der Waals surface area (Å²) >= 11 is 0. The van der Waals surface area contributed by atoms with E-state index in [1.165, 1.54) is 32.1 Å². The van der Waals surface area contributed by atoms with Crippen molar-refractivity contribution in [1.82, 2.24) is 10.6 Å². The van der Waals surface area contributed by atoms with Gasteiger partial charge >= 0.3 is 0 Å². The molecular formula is C15H28N2O. The monoisotopic (exact) mass is 252 g/mol. The van der Waals surface area contributed by atoms with Gasteiger partial charge in [0.1, 0.15) is 0 Å². The van der Waals surface area contributed by atoms with Crippen molar-refractivity contribution in [2.75, 3.05) is 13.1 Å². The fourth-order valence-corrected chi connectivity index (χ4v) is 3.43. The van der Waals surface area contributed by atoms with Gasteiger partial charge in [-0.1, -0.05) is 19.8 Å². The minimum Gasteiger partial charge on any atom is -0.354 e. The maximum atomic E-state index is 12.3. The minimum atomic E-state index is -0.321. The van der Waals surface area contributed by atoms with E-state index in [0.717, 1.165) is 31.8 Å². The molecule has 0 radical (unpaired) electrons. The molecule has 1 saturated heterocycles. The van der Waals surface area contributed by atoms with E-state index in [-0.39, 0.29) is 11.4 Å². The van der Waals surface area contributed by atoms with Crippen LogP contribution in [-0.4, -0.2) is 24.5 Å². The number of rotatable bonds is 3. The summed E-state index contributed by atoms with van der Waals surface area (Å²) in [5.41, 5.74) is -0.321. The minimum absolute atomic E-state index is 0.209. The topological polar surface area (TPSA) is 41.1 Å². The van der Waals surface area contributed by atoms with Crippen LogP contribution < -0.4 is 10.6 Å². The molecule has 1 saturated carbocycles. The van der Waals surface area contributed by atoms with Gasteiger partial charge in [0, 0.05) is 6.54 Å². The zero-order chi connectivity index (χ0) is 13.0. The number of carbonyl (C=O) groups is 1. The lowest BCUT2D eigenvalue weighted by molar-refractivity contribution is -0.128. The van der Waals surface area contributed by atoms with Crippen LogP contribution in [-0.2, 0) is 4.79 Å². The maximum Gasteiger partial charge on any atom is 0.240 e. The van der Waals surface area contributed by atoms with E-state index >= 15 is 0 Å². The lowest BCUT2D eigenvalue weighted by Crippen LogP contribution is -2.57. The Bertz CT molecular complexity index is 284. The summed E-state index contributed by atoms with van der Waals surface area (Å²) in [5, 5.41) is 6.56. The molecule has 3 heteroatoms. The Morgan fingerprint density at radius 3 is 2.83 bits per heavy atom. The summed E-state index contributed by atoms with van der Waals surface area (Å²) < 4.78 is 0. The van der Waals surface area contributed by atoms with Crippen molar-refractivity contribution < 1.29 is 4.79 Å². The first kappa shape index (κ1) is 13.9. The van der Waals surface area contributed by atoms with Crippen LogP contribution in [0.4, 0.5) is 0 Å². The van der Waals surface area contributed by atoms with Crippen LogP contribution in [0.5, 0.6) is 0 Å². The van der Waals surface area contributed by atoms with Crippen molar-refractivity contribution in [2.45, 2.75) is 64.3 Å². The van der Waals surface area contributed by atoms with Crippen LogP contribution in [0.1, 0.15) is 58.8 Å². The molecule has 0 aromatic rings. The molecule has 0 aromatic heterocycles. The van der Waals surface area contributed by atoms with Crippen molar-refractivity contribution in [3.63, 3.8) is 0 Å². The Morgan fingerprint density at radius 2 is 2.17 bits per heavy atom. The molecule has 0 aromatic carbocycles. The first-order valence-corrected chi connectivity index (χ1v) is 7.63. The molecule has 0 bridgehead atoms. The molecule has 1 heterocycles. The highest BCUT2D eigenvalue weighted by Gasteiger charge is 2.34. The summed E-state index contributed by atoms with van der Waals surface area (Å²) in [6.45, 7) is 6.23. The van der Waals surface area contributed by atoms with E-state index in [9.17, 15) is 4.79 Å². The second kappa shape index (κ2) is 6.05. The molecule has 2 fully saturated rings. The molecule has 2 N–H and O–H groups in total. The quantitative estimate of drug-likeness (QED) is 0.810. The second-order valence-corrected chi connectivity index (χ2v) is 6.56. The number of hydrogen-bond acceptors (Lipinski definition) is 2.